The number of aromatic nitrogens is 1. The molecular weight excluding hydrogens is 332 g/mol. The summed E-state index contributed by atoms with van der Waals surface area (Å²) in [5.74, 6) is 0. The van der Waals surface area contributed by atoms with E-state index < -0.39 is 0 Å². The maximum absolute atomic E-state index is 8.75. The summed E-state index contributed by atoms with van der Waals surface area (Å²) in [5, 5.41) is 15.6. The minimum Gasteiger partial charge on any atom is -0.384 e. The minimum absolute atomic E-state index is 0.716. The number of benzene rings is 1. The molecule has 2 aromatic rings. The maximum atomic E-state index is 8.75. The van der Waals surface area contributed by atoms with E-state index >= 15 is 0 Å². The Labute approximate surface area is 165 Å². The molecule has 1 aromatic carbocycles. The van der Waals surface area contributed by atoms with Crippen molar-refractivity contribution in [2.24, 2.45) is 0 Å². The molecule has 2 N–H and O–H groups in total. The van der Waals surface area contributed by atoms with E-state index in [2.05, 4.69) is 34.3 Å². The normalized spacial score (nSPS) is 9.00. The molecule has 0 saturated carbocycles. The van der Waals surface area contributed by atoms with Crippen molar-refractivity contribution < 1.29 is 0 Å². The highest BCUT2D eigenvalue weighted by Crippen LogP contribution is 2.09. The van der Waals surface area contributed by atoms with Crippen molar-refractivity contribution in [2.45, 2.75) is 40.5 Å². The van der Waals surface area contributed by atoms with E-state index in [9.17, 15) is 0 Å². The van der Waals surface area contributed by atoms with Gasteiger partial charge in [-0.15, -0.1) is 6.58 Å². The average molecular weight is 367 g/mol. The van der Waals surface area contributed by atoms with Gasteiger partial charge in [-0.25, -0.2) is 0 Å². The first-order valence-electron chi connectivity index (χ1n) is 9.63. The zero-order chi connectivity index (χ0) is 20.3. The van der Waals surface area contributed by atoms with Gasteiger partial charge in [0.05, 0.1) is 23.0 Å². The van der Waals surface area contributed by atoms with Crippen LogP contribution in [0.25, 0.3) is 0 Å². The molecule has 0 aliphatic heterocycles. The summed E-state index contributed by atoms with van der Waals surface area (Å²) in [4.78, 5) is 4.26. The second kappa shape index (κ2) is 16.8. The van der Waals surface area contributed by atoms with Crippen LogP contribution in [-0.2, 0) is 6.42 Å². The van der Waals surface area contributed by atoms with Crippen LogP contribution in [0.2, 0.25) is 0 Å². The fourth-order valence-corrected chi connectivity index (χ4v) is 2.21. The predicted octanol–water partition coefficient (Wildman–Crippen LogP) is 5.11. The SMILES string of the molecule is C=CC.CC.Cc1ncccc1NCCCNCCc1ccc(C#N)cc1. The molecule has 4 heteroatoms. The Morgan fingerprint density at radius 3 is 2.37 bits per heavy atom. The first-order chi connectivity index (χ1) is 13.2. The Morgan fingerprint density at radius 1 is 1.11 bits per heavy atom. The average Bonchev–Trinajstić information content (AvgIpc) is 2.71. The van der Waals surface area contributed by atoms with E-state index in [0.29, 0.717) is 5.56 Å². The van der Waals surface area contributed by atoms with Crippen LogP contribution in [0.3, 0.4) is 0 Å². The highest BCUT2D eigenvalue weighted by molar-refractivity contribution is 5.46. The van der Waals surface area contributed by atoms with Crippen molar-refractivity contribution in [3.8, 4) is 6.07 Å². The number of nitrogens with zero attached hydrogens (tertiary/aromatic N) is 2. The first-order valence-corrected chi connectivity index (χ1v) is 9.63. The van der Waals surface area contributed by atoms with Crippen LogP contribution in [0.1, 0.15) is 44.0 Å². The van der Waals surface area contributed by atoms with Gasteiger partial charge in [-0.3, -0.25) is 4.98 Å². The third-order valence-electron chi connectivity index (χ3n) is 3.53. The lowest BCUT2D eigenvalue weighted by molar-refractivity contribution is 0.660. The fourth-order valence-electron chi connectivity index (χ4n) is 2.21. The molecule has 4 nitrogen and oxygen atoms in total. The molecule has 0 atom stereocenters. The molecule has 0 saturated heterocycles. The number of hydrogen-bond donors (Lipinski definition) is 2. The number of anilines is 1. The lowest BCUT2D eigenvalue weighted by Gasteiger charge is -2.09. The molecule has 0 bridgehead atoms. The van der Waals surface area contributed by atoms with Crippen LogP contribution in [-0.4, -0.2) is 24.6 Å². The Balaban J connectivity index is 0.00000123. The number of allylic oxidation sites excluding steroid dienone is 1. The zero-order valence-corrected chi connectivity index (χ0v) is 17.3. The number of aryl methyl sites for hydroxylation is 1. The predicted molar refractivity (Wildman–Crippen MR) is 117 cm³/mol. The zero-order valence-electron chi connectivity index (χ0n) is 17.3. The molecule has 146 valence electrons. The Hall–Kier alpha value is -2.64. The third-order valence-corrected chi connectivity index (χ3v) is 3.53. The second-order valence-electron chi connectivity index (χ2n) is 5.63. The Kier molecular flexibility index (Phi) is 15.2. The highest BCUT2D eigenvalue weighted by Gasteiger charge is 1.97. The summed E-state index contributed by atoms with van der Waals surface area (Å²) in [6.45, 7) is 14.1. The lowest BCUT2D eigenvalue weighted by Crippen LogP contribution is -2.20. The molecule has 0 aliphatic carbocycles. The van der Waals surface area contributed by atoms with Crippen molar-refractivity contribution in [1.29, 1.82) is 5.26 Å². The summed E-state index contributed by atoms with van der Waals surface area (Å²) >= 11 is 0. The van der Waals surface area contributed by atoms with Gasteiger partial charge in [0.15, 0.2) is 0 Å². The van der Waals surface area contributed by atoms with Gasteiger partial charge in [-0.05, 0) is 69.6 Å². The highest BCUT2D eigenvalue weighted by atomic mass is 14.9. The summed E-state index contributed by atoms with van der Waals surface area (Å²) < 4.78 is 0. The Morgan fingerprint density at radius 2 is 1.78 bits per heavy atom. The summed E-state index contributed by atoms with van der Waals surface area (Å²) in [5.41, 5.74) is 4.13. The lowest BCUT2D eigenvalue weighted by atomic mass is 10.1. The molecular formula is C23H34N4. The van der Waals surface area contributed by atoms with E-state index in [1.165, 1.54) is 5.56 Å². The van der Waals surface area contributed by atoms with E-state index in [1.54, 1.807) is 6.08 Å². The van der Waals surface area contributed by atoms with Crippen molar-refractivity contribution in [3.63, 3.8) is 0 Å². The molecule has 1 heterocycles. The van der Waals surface area contributed by atoms with Gasteiger partial charge in [0.25, 0.3) is 0 Å². The second-order valence-corrected chi connectivity index (χ2v) is 5.63. The number of pyridine rings is 1. The van der Waals surface area contributed by atoms with Crippen LogP contribution < -0.4 is 10.6 Å². The van der Waals surface area contributed by atoms with Gasteiger partial charge in [0.1, 0.15) is 0 Å². The topological polar surface area (TPSA) is 60.7 Å². The number of rotatable bonds is 8. The molecule has 1 aromatic heterocycles. The van der Waals surface area contributed by atoms with Gasteiger partial charge >= 0.3 is 0 Å². The van der Waals surface area contributed by atoms with Crippen molar-refractivity contribution >= 4 is 5.69 Å². The van der Waals surface area contributed by atoms with E-state index in [4.69, 9.17) is 5.26 Å². The number of nitrogens with one attached hydrogen (secondary N) is 2. The third kappa shape index (κ3) is 11.6. The van der Waals surface area contributed by atoms with Crippen molar-refractivity contribution in [2.75, 3.05) is 25.0 Å². The molecule has 0 amide bonds. The summed E-state index contributed by atoms with van der Waals surface area (Å²) in [6, 6.07) is 13.9. The van der Waals surface area contributed by atoms with Crippen LogP contribution in [0, 0.1) is 18.3 Å². The molecule has 0 aliphatic rings. The Bertz CT molecular complexity index is 657. The smallest absolute Gasteiger partial charge is 0.0991 e. The summed E-state index contributed by atoms with van der Waals surface area (Å²) in [6.07, 6.45) is 5.62. The van der Waals surface area contributed by atoms with Gasteiger partial charge in [0.2, 0.25) is 0 Å². The molecule has 0 radical (unpaired) electrons. The van der Waals surface area contributed by atoms with Gasteiger partial charge < -0.3 is 10.6 Å². The fraction of sp³-hybridized carbons (Fsp3) is 0.391. The molecule has 27 heavy (non-hydrogen) atoms. The van der Waals surface area contributed by atoms with Gasteiger partial charge in [-0.2, -0.15) is 5.26 Å². The quantitative estimate of drug-likeness (QED) is 0.503. The van der Waals surface area contributed by atoms with Crippen LogP contribution in [0.5, 0.6) is 0 Å². The van der Waals surface area contributed by atoms with Crippen molar-refractivity contribution in [3.05, 3.63) is 72.1 Å². The van der Waals surface area contributed by atoms with Crippen LogP contribution in [0.4, 0.5) is 5.69 Å². The molecule has 2 rings (SSSR count). The standard InChI is InChI=1S/C18H22N4.C3H6.C2H6/c1-15-18(4-2-11-21-15)22-12-3-10-20-13-9-16-5-7-17(14-19)8-6-16;1-3-2;1-2/h2,4-8,11,20,22H,3,9-10,12-13H2,1H3;3H,1H2,2H3;1-2H3. The van der Waals surface area contributed by atoms with Crippen LogP contribution in [0.15, 0.2) is 55.3 Å². The van der Waals surface area contributed by atoms with Gasteiger partial charge in [0, 0.05) is 12.7 Å². The molecule has 0 spiro atoms. The minimum atomic E-state index is 0.716. The largest absolute Gasteiger partial charge is 0.384 e. The number of nitriles is 1. The van der Waals surface area contributed by atoms with E-state index in [-0.39, 0.29) is 0 Å². The summed E-state index contributed by atoms with van der Waals surface area (Å²) in [7, 11) is 0. The molecule has 0 fully saturated rings. The maximum Gasteiger partial charge on any atom is 0.0991 e. The van der Waals surface area contributed by atoms with Crippen molar-refractivity contribution in [1.82, 2.24) is 10.3 Å². The van der Waals surface area contributed by atoms with E-state index in [1.807, 2.05) is 64.2 Å². The first kappa shape index (κ1) is 24.4. The molecule has 0 unspecified atom stereocenters. The monoisotopic (exact) mass is 366 g/mol. The number of hydrogen-bond acceptors (Lipinski definition) is 4. The van der Waals surface area contributed by atoms with E-state index in [0.717, 1.165) is 43.9 Å². The van der Waals surface area contributed by atoms with Crippen LogP contribution >= 0.6 is 0 Å². The van der Waals surface area contributed by atoms with Gasteiger partial charge in [-0.1, -0.05) is 32.1 Å².